The average Bonchev–Trinajstić information content (AvgIpc) is 2.78. The molecule has 5 rings (SSSR count). The largest absolute Gasteiger partial charge is 0.368 e. The molecule has 5 heteroatoms. The van der Waals surface area contributed by atoms with E-state index >= 15 is 0 Å². The van der Waals surface area contributed by atoms with Crippen molar-refractivity contribution in [2.45, 2.75) is 31.7 Å². The summed E-state index contributed by atoms with van der Waals surface area (Å²) >= 11 is 0. The summed E-state index contributed by atoms with van der Waals surface area (Å²) in [5, 5.41) is 0. The molecule has 2 aromatic rings. The molecule has 0 spiro atoms. The second-order valence-corrected chi connectivity index (χ2v) is 7.87. The van der Waals surface area contributed by atoms with E-state index in [2.05, 4.69) is 46.1 Å². The van der Waals surface area contributed by atoms with E-state index in [1.54, 1.807) is 0 Å². The Kier molecular flexibility index (Phi) is 3.45. The first kappa shape index (κ1) is 15.1. The summed E-state index contributed by atoms with van der Waals surface area (Å²) in [4.78, 5) is 14.4. The summed E-state index contributed by atoms with van der Waals surface area (Å²) in [6, 6.07) is 9.19. The van der Waals surface area contributed by atoms with Gasteiger partial charge in [0.05, 0.1) is 5.69 Å². The molecule has 0 radical (unpaired) electrons. The van der Waals surface area contributed by atoms with Gasteiger partial charge in [0.2, 0.25) is 5.95 Å². The van der Waals surface area contributed by atoms with Crippen LogP contribution in [-0.4, -0.2) is 47.6 Å². The minimum absolute atomic E-state index is 0.403. The number of nitrogens with zero attached hydrogens (tertiary/aromatic N) is 4. The second-order valence-electron chi connectivity index (χ2n) is 7.87. The summed E-state index contributed by atoms with van der Waals surface area (Å²) in [6.07, 6.45) is 4.55. The lowest BCUT2D eigenvalue weighted by atomic mass is 10.0. The molecule has 1 aromatic carbocycles. The van der Waals surface area contributed by atoms with Crippen LogP contribution in [0.5, 0.6) is 0 Å². The molecule has 2 unspecified atom stereocenters. The van der Waals surface area contributed by atoms with E-state index in [-0.39, 0.29) is 0 Å². The van der Waals surface area contributed by atoms with E-state index in [9.17, 15) is 0 Å². The van der Waals surface area contributed by atoms with Crippen LogP contribution in [0.1, 0.15) is 24.0 Å². The molecule has 2 fully saturated rings. The molecular formula is C20H25N5. The van der Waals surface area contributed by atoms with Gasteiger partial charge in [-0.15, -0.1) is 0 Å². The van der Waals surface area contributed by atoms with Gasteiger partial charge in [-0.2, -0.15) is 4.98 Å². The predicted molar refractivity (Wildman–Crippen MR) is 101 cm³/mol. The maximum absolute atomic E-state index is 6.16. The maximum Gasteiger partial charge on any atom is 0.222 e. The summed E-state index contributed by atoms with van der Waals surface area (Å²) < 4.78 is 0. The smallest absolute Gasteiger partial charge is 0.222 e. The SMILES string of the molecule is CN1CC2CC(C1)N(c1nc(N)nc3c1CCCc1ccccc1-3)C2. The number of aryl methyl sites for hydroxylation is 1. The second kappa shape index (κ2) is 5.70. The molecule has 130 valence electrons. The van der Waals surface area contributed by atoms with Crippen LogP contribution in [0.25, 0.3) is 11.3 Å². The van der Waals surface area contributed by atoms with E-state index in [4.69, 9.17) is 10.7 Å². The van der Waals surface area contributed by atoms with Crippen LogP contribution < -0.4 is 10.6 Å². The topological polar surface area (TPSA) is 58.3 Å². The number of likely N-dealkylation sites (tertiary alicyclic amines) is 1. The Hall–Kier alpha value is -2.14. The van der Waals surface area contributed by atoms with Gasteiger partial charge >= 0.3 is 0 Å². The van der Waals surface area contributed by atoms with Gasteiger partial charge in [0.25, 0.3) is 0 Å². The highest BCUT2D eigenvalue weighted by Crippen LogP contribution is 2.40. The summed E-state index contributed by atoms with van der Waals surface area (Å²) in [7, 11) is 2.23. The Morgan fingerprint density at radius 3 is 2.88 bits per heavy atom. The number of aromatic nitrogens is 2. The molecule has 2 saturated heterocycles. The van der Waals surface area contributed by atoms with Crippen molar-refractivity contribution < 1.29 is 0 Å². The lowest BCUT2D eigenvalue weighted by Crippen LogP contribution is -2.40. The van der Waals surface area contributed by atoms with E-state index in [0.29, 0.717) is 12.0 Å². The molecule has 2 bridgehead atoms. The Balaban J connectivity index is 1.65. The maximum atomic E-state index is 6.16. The first-order chi connectivity index (χ1) is 12.2. The molecule has 2 atom stereocenters. The number of rotatable bonds is 1. The number of hydrogen-bond acceptors (Lipinski definition) is 5. The van der Waals surface area contributed by atoms with Crippen molar-refractivity contribution in [3.05, 3.63) is 35.4 Å². The van der Waals surface area contributed by atoms with Crippen molar-refractivity contribution in [1.82, 2.24) is 14.9 Å². The van der Waals surface area contributed by atoms with Gasteiger partial charge in [-0.25, -0.2) is 4.98 Å². The van der Waals surface area contributed by atoms with Crippen molar-refractivity contribution in [2.75, 3.05) is 37.3 Å². The van der Waals surface area contributed by atoms with E-state index in [0.717, 1.165) is 49.8 Å². The molecule has 5 nitrogen and oxygen atoms in total. The van der Waals surface area contributed by atoms with Crippen LogP contribution in [-0.2, 0) is 12.8 Å². The fraction of sp³-hybridized carbons (Fsp3) is 0.500. The fourth-order valence-corrected chi connectivity index (χ4v) is 5.06. The van der Waals surface area contributed by atoms with Crippen molar-refractivity contribution in [3.8, 4) is 11.3 Å². The van der Waals surface area contributed by atoms with Crippen molar-refractivity contribution in [3.63, 3.8) is 0 Å². The number of anilines is 2. The highest BCUT2D eigenvalue weighted by molar-refractivity contribution is 5.74. The first-order valence-corrected chi connectivity index (χ1v) is 9.39. The lowest BCUT2D eigenvalue weighted by molar-refractivity contribution is 0.235. The fourth-order valence-electron chi connectivity index (χ4n) is 5.06. The number of piperidine rings is 1. The van der Waals surface area contributed by atoms with Gasteiger partial charge in [0.15, 0.2) is 0 Å². The molecule has 2 aliphatic heterocycles. The zero-order valence-corrected chi connectivity index (χ0v) is 14.8. The number of likely N-dealkylation sites (N-methyl/N-ethyl adjacent to an activating group) is 1. The van der Waals surface area contributed by atoms with Gasteiger partial charge in [0, 0.05) is 36.8 Å². The molecule has 0 saturated carbocycles. The molecule has 1 aliphatic carbocycles. The number of hydrogen-bond donors (Lipinski definition) is 1. The highest BCUT2D eigenvalue weighted by Gasteiger charge is 2.39. The predicted octanol–water partition coefficient (Wildman–Crippen LogP) is 2.35. The number of nitrogens with two attached hydrogens (primary N) is 1. The normalized spacial score (nSPS) is 25.4. The minimum atomic E-state index is 0.403. The lowest BCUT2D eigenvalue weighted by Gasteiger charge is -2.31. The standard InChI is InChI=1S/C20H25N5/c1-24-10-13-9-15(12-24)25(11-13)19-17-8-4-6-14-5-2-3-7-16(14)18(17)22-20(21)23-19/h2-3,5,7,13,15H,4,6,8-12H2,1H3,(H2,21,22,23). The van der Waals surface area contributed by atoms with Gasteiger partial charge in [-0.1, -0.05) is 24.3 Å². The Bertz CT molecular complexity index is 818. The minimum Gasteiger partial charge on any atom is -0.368 e. The molecule has 3 heterocycles. The van der Waals surface area contributed by atoms with E-state index < -0.39 is 0 Å². The van der Waals surface area contributed by atoms with Crippen LogP contribution in [0.2, 0.25) is 0 Å². The van der Waals surface area contributed by atoms with E-state index in [1.165, 1.54) is 29.7 Å². The molecule has 0 amide bonds. The molecule has 2 N–H and O–H groups in total. The summed E-state index contributed by atoms with van der Waals surface area (Å²) in [6.45, 7) is 3.41. The zero-order valence-electron chi connectivity index (χ0n) is 14.8. The molecule has 1 aromatic heterocycles. The quantitative estimate of drug-likeness (QED) is 0.867. The molecular weight excluding hydrogens is 310 g/mol. The average molecular weight is 335 g/mol. The van der Waals surface area contributed by atoms with Gasteiger partial charge in [-0.3, -0.25) is 0 Å². The Morgan fingerprint density at radius 2 is 1.96 bits per heavy atom. The van der Waals surface area contributed by atoms with Gasteiger partial charge in [0.1, 0.15) is 5.82 Å². The van der Waals surface area contributed by atoms with Crippen molar-refractivity contribution in [2.24, 2.45) is 5.92 Å². The first-order valence-electron chi connectivity index (χ1n) is 9.39. The third-order valence-electron chi connectivity index (χ3n) is 6.01. The van der Waals surface area contributed by atoms with Crippen molar-refractivity contribution >= 4 is 11.8 Å². The number of fused-ring (bicyclic) bond motifs is 5. The zero-order chi connectivity index (χ0) is 17.0. The molecule has 3 aliphatic rings. The summed E-state index contributed by atoms with van der Waals surface area (Å²) in [5.74, 6) is 2.25. The third kappa shape index (κ3) is 2.49. The van der Waals surface area contributed by atoms with Crippen LogP contribution in [0.15, 0.2) is 24.3 Å². The van der Waals surface area contributed by atoms with Crippen LogP contribution >= 0.6 is 0 Å². The number of nitrogen functional groups attached to an aromatic ring is 1. The summed E-state index contributed by atoms with van der Waals surface area (Å²) in [5.41, 5.74) is 11.1. The Morgan fingerprint density at radius 1 is 1.08 bits per heavy atom. The third-order valence-corrected chi connectivity index (χ3v) is 6.01. The van der Waals surface area contributed by atoms with Crippen molar-refractivity contribution in [1.29, 1.82) is 0 Å². The molecule has 25 heavy (non-hydrogen) atoms. The van der Waals surface area contributed by atoms with Crippen LogP contribution in [0.3, 0.4) is 0 Å². The highest BCUT2D eigenvalue weighted by atomic mass is 15.3. The monoisotopic (exact) mass is 335 g/mol. The van der Waals surface area contributed by atoms with Crippen LogP contribution in [0, 0.1) is 5.92 Å². The number of benzene rings is 1. The van der Waals surface area contributed by atoms with E-state index in [1.807, 2.05) is 0 Å². The Labute approximate surface area is 148 Å². The van der Waals surface area contributed by atoms with Crippen LogP contribution in [0.4, 0.5) is 11.8 Å². The van der Waals surface area contributed by atoms with Gasteiger partial charge in [-0.05, 0) is 44.2 Å². The van der Waals surface area contributed by atoms with Gasteiger partial charge < -0.3 is 15.5 Å².